The minimum absolute atomic E-state index is 0.0832. The van der Waals surface area contributed by atoms with Crippen molar-refractivity contribution < 1.29 is 95.4 Å². The summed E-state index contributed by atoms with van der Waals surface area (Å²) in [5.41, 5.74) is 0. The third-order valence-electron chi connectivity index (χ3n) is 6.31. The zero-order valence-corrected chi connectivity index (χ0v) is 29.2. The Hall–Kier alpha value is 0.0774. The van der Waals surface area contributed by atoms with Crippen LogP contribution in [0.15, 0.2) is 0 Å². The van der Waals surface area contributed by atoms with Gasteiger partial charge in [0.05, 0.1) is 0 Å². The standard InChI is InChI=1S/4C4H4F5.2C2H5O.O.2Sn/c4*1-2(5)4(8,9)3(6)7;2*1-2-3;;;/h4*2H,1H3;2*2H2,1H3;;;/q;;;;2*-1;;2*+1. The normalized spacial score (nSPS) is 20.7. The summed E-state index contributed by atoms with van der Waals surface area (Å²) in [6.07, 6.45) is -18.3. The van der Waals surface area contributed by atoms with Crippen molar-refractivity contribution in [1.29, 1.82) is 0 Å². The van der Waals surface area contributed by atoms with Crippen LogP contribution in [0.1, 0.15) is 41.5 Å². The van der Waals surface area contributed by atoms with E-state index < -0.39 is 143 Å². The Bertz CT molecular complexity index is 849. The molecule has 0 fully saturated rings. The van der Waals surface area contributed by atoms with Gasteiger partial charge in [0, 0.05) is 0 Å². The molecule has 45 heavy (non-hydrogen) atoms. The molecule has 0 spiro atoms. The van der Waals surface area contributed by atoms with Gasteiger partial charge in [0.1, 0.15) is 0 Å². The van der Waals surface area contributed by atoms with Crippen LogP contribution in [0.2, 0.25) is 0 Å². The van der Waals surface area contributed by atoms with Gasteiger partial charge in [0.15, 0.2) is 0 Å². The van der Waals surface area contributed by atoms with Crippen molar-refractivity contribution in [3.63, 3.8) is 0 Å². The molecule has 0 aromatic rings. The van der Waals surface area contributed by atoms with E-state index in [1.54, 1.807) is 0 Å². The minimum atomic E-state index is -11.0. The second-order valence-corrected chi connectivity index (χ2v) is 29.8. The molecule has 0 aliphatic carbocycles. The van der Waals surface area contributed by atoms with Gasteiger partial charge in [-0.3, -0.25) is 0 Å². The first-order valence-electron chi connectivity index (χ1n) is 12.2. The van der Waals surface area contributed by atoms with Crippen molar-refractivity contribution in [2.45, 2.75) is 106 Å². The summed E-state index contributed by atoms with van der Waals surface area (Å²) in [5, 5.41) is 0. The van der Waals surface area contributed by atoms with Gasteiger partial charge in [0.25, 0.3) is 0 Å². The fourth-order valence-electron chi connectivity index (χ4n) is 3.56. The Morgan fingerprint density at radius 3 is 0.667 bits per heavy atom. The van der Waals surface area contributed by atoms with Crippen molar-refractivity contribution in [2.75, 3.05) is 13.2 Å². The molecule has 0 saturated heterocycles. The maximum atomic E-state index is 15.6. The van der Waals surface area contributed by atoms with Crippen molar-refractivity contribution in [2.24, 2.45) is 0 Å². The van der Waals surface area contributed by atoms with Crippen molar-refractivity contribution in [3.05, 3.63) is 0 Å². The van der Waals surface area contributed by atoms with E-state index in [2.05, 4.69) is 7.56 Å². The van der Waals surface area contributed by atoms with E-state index in [0.717, 1.165) is 0 Å². The molecule has 272 valence electrons. The topological polar surface area (TPSA) is 27.7 Å². The Balaban J connectivity index is 9.13. The van der Waals surface area contributed by atoms with Crippen LogP contribution in [0.25, 0.3) is 0 Å². The molecule has 0 aliphatic heterocycles. The summed E-state index contributed by atoms with van der Waals surface area (Å²) in [6, 6.07) is 0. The van der Waals surface area contributed by atoms with E-state index in [1.165, 1.54) is 0 Å². The van der Waals surface area contributed by atoms with Crippen LogP contribution in [0.3, 0.4) is 0 Å². The average molecular weight is 932 g/mol. The van der Waals surface area contributed by atoms with Gasteiger partial charge in [-0.05, 0) is 0 Å². The molecule has 0 radical (unpaired) electrons. The Labute approximate surface area is 252 Å². The van der Waals surface area contributed by atoms with E-state index in [4.69, 9.17) is 0 Å². The first-order valence-corrected chi connectivity index (χ1v) is 22.5. The van der Waals surface area contributed by atoms with Gasteiger partial charge in [0.2, 0.25) is 0 Å². The molecule has 0 aliphatic rings. The van der Waals surface area contributed by atoms with Gasteiger partial charge in [-0.2, -0.15) is 0 Å². The Kier molecular flexibility index (Phi) is 13.8. The zero-order valence-electron chi connectivity index (χ0n) is 23.5. The van der Waals surface area contributed by atoms with E-state index in [-0.39, 0.29) is 13.8 Å². The molecule has 0 saturated carbocycles. The molecule has 4 unspecified atom stereocenters. The molecule has 0 aromatic carbocycles. The van der Waals surface area contributed by atoms with Gasteiger partial charge in [-0.25, -0.2) is 0 Å². The maximum absolute atomic E-state index is 15.6. The van der Waals surface area contributed by atoms with E-state index in [1.807, 2.05) is 0 Å². The zero-order chi connectivity index (χ0) is 36.8. The van der Waals surface area contributed by atoms with Crippen LogP contribution in [-0.4, -0.2) is 116 Å². The van der Waals surface area contributed by atoms with Crippen molar-refractivity contribution in [3.8, 4) is 0 Å². The molecule has 0 amide bonds. The molecule has 0 heterocycles. The fourth-order valence-corrected chi connectivity index (χ4v) is 40.3. The first-order chi connectivity index (χ1) is 19.6. The molecule has 0 aromatic heterocycles. The SMILES string of the molecule is CC[O][Sn]([O][Sn]([O]CC)([C](F)(F)C(F)(F)C(C)F)[C](F)(F)C(F)(F)C(C)F)([C](F)(F)C(F)(F)C(C)F)[C](F)(F)C(F)(F)C(C)F. The van der Waals surface area contributed by atoms with Crippen molar-refractivity contribution in [1.82, 2.24) is 0 Å². The van der Waals surface area contributed by atoms with Crippen LogP contribution < -0.4 is 0 Å². The molecular formula is C20H26F20O3Sn2. The van der Waals surface area contributed by atoms with Gasteiger partial charge in [-0.15, -0.1) is 0 Å². The van der Waals surface area contributed by atoms with Crippen LogP contribution in [0, 0.1) is 0 Å². The summed E-state index contributed by atoms with van der Waals surface area (Å²) in [6.45, 7) is -6.80. The number of hydrogen-bond acceptors (Lipinski definition) is 3. The van der Waals surface area contributed by atoms with Crippen LogP contribution in [-0.2, 0) is 7.56 Å². The van der Waals surface area contributed by atoms with E-state index in [9.17, 15) is 52.7 Å². The van der Waals surface area contributed by atoms with Gasteiger partial charge < -0.3 is 0 Å². The Morgan fingerprint density at radius 2 is 0.556 bits per heavy atom. The number of halogens is 20. The number of alkyl halides is 20. The molecule has 25 heteroatoms. The summed E-state index contributed by atoms with van der Waals surface area (Å²) >= 11 is -22.0. The van der Waals surface area contributed by atoms with Crippen LogP contribution >= 0.6 is 0 Å². The predicted molar refractivity (Wildman–Crippen MR) is 118 cm³/mol. The summed E-state index contributed by atoms with van der Waals surface area (Å²) < 4.78 is 277. The predicted octanol–water partition coefficient (Wildman–Crippen LogP) is 8.63. The van der Waals surface area contributed by atoms with E-state index >= 15 is 35.1 Å². The monoisotopic (exact) mass is 934 g/mol. The first kappa shape index (κ1) is 45.1. The second-order valence-electron chi connectivity index (χ2n) is 9.45. The molecule has 4 atom stereocenters. The third kappa shape index (κ3) is 6.44. The second kappa shape index (κ2) is 13.8. The molecule has 0 rings (SSSR count). The van der Waals surface area contributed by atoms with Crippen LogP contribution in [0.5, 0.6) is 0 Å². The van der Waals surface area contributed by atoms with Gasteiger partial charge >= 0.3 is 253 Å². The molecular weight excluding hydrogens is 906 g/mol. The fraction of sp³-hybridized carbons (Fsp3) is 1.00. The van der Waals surface area contributed by atoms with Crippen molar-refractivity contribution >= 4 is 38.4 Å². The number of rotatable bonds is 18. The third-order valence-corrected chi connectivity index (χ3v) is 36.2. The Morgan fingerprint density at radius 1 is 0.400 bits per heavy atom. The molecule has 3 nitrogen and oxygen atoms in total. The van der Waals surface area contributed by atoms with E-state index in [0.29, 0.717) is 0 Å². The summed E-state index contributed by atoms with van der Waals surface area (Å²) in [4.78, 5) is 0. The quantitative estimate of drug-likeness (QED) is 0.102. The summed E-state index contributed by atoms with van der Waals surface area (Å²) in [7, 11) is 0. The average Bonchev–Trinajstić information content (AvgIpc) is 2.86. The van der Waals surface area contributed by atoms with Gasteiger partial charge in [-0.1, -0.05) is 0 Å². The number of hydrogen-bond donors (Lipinski definition) is 0. The van der Waals surface area contributed by atoms with Crippen LogP contribution in [0.4, 0.5) is 87.8 Å². The molecule has 0 N–H and O–H groups in total. The molecule has 0 bridgehead atoms. The summed E-state index contributed by atoms with van der Waals surface area (Å²) in [5.74, 6) is -27.9.